The van der Waals surface area contributed by atoms with Crippen molar-refractivity contribution in [1.82, 2.24) is 5.32 Å². The second kappa shape index (κ2) is 4.46. The van der Waals surface area contributed by atoms with Crippen molar-refractivity contribution in [3.8, 4) is 0 Å². The zero-order chi connectivity index (χ0) is 11.6. The fourth-order valence-electron chi connectivity index (χ4n) is 2.59. The number of carbonyl (C=O) groups is 1. The zero-order valence-corrected chi connectivity index (χ0v) is 10.2. The standard InChI is InChI=1S/C13H16ClNO/c1-10(16)15-13(7-2-3-8-13)11-5-4-6-12(14)9-11/h4-6,9H,2-3,7-8H2,1H3,(H,15,16). The molecule has 0 radical (unpaired) electrons. The molecule has 0 unspecified atom stereocenters. The lowest BCUT2D eigenvalue weighted by Gasteiger charge is -2.30. The number of amides is 1. The highest BCUT2D eigenvalue weighted by Crippen LogP contribution is 2.39. The fraction of sp³-hybridized carbons (Fsp3) is 0.462. The second-order valence-electron chi connectivity index (χ2n) is 4.48. The number of benzene rings is 1. The second-order valence-corrected chi connectivity index (χ2v) is 4.92. The Labute approximate surface area is 101 Å². The average Bonchev–Trinajstić information content (AvgIpc) is 2.66. The van der Waals surface area contributed by atoms with Crippen LogP contribution in [-0.2, 0) is 10.3 Å². The topological polar surface area (TPSA) is 29.1 Å². The van der Waals surface area contributed by atoms with Gasteiger partial charge in [-0.3, -0.25) is 4.79 Å². The molecule has 3 heteroatoms. The quantitative estimate of drug-likeness (QED) is 0.841. The lowest BCUT2D eigenvalue weighted by molar-refractivity contribution is -0.121. The molecule has 0 aromatic heterocycles. The van der Waals surface area contributed by atoms with Crippen LogP contribution < -0.4 is 5.32 Å². The fourth-order valence-corrected chi connectivity index (χ4v) is 2.78. The minimum absolute atomic E-state index is 0.0295. The predicted molar refractivity (Wildman–Crippen MR) is 65.4 cm³/mol. The van der Waals surface area contributed by atoms with E-state index < -0.39 is 0 Å². The van der Waals surface area contributed by atoms with Gasteiger partial charge in [-0.05, 0) is 30.5 Å². The van der Waals surface area contributed by atoms with Crippen LogP contribution in [0.2, 0.25) is 5.02 Å². The van der Waals surface area contributed by atoms with Crippen LogP contribution in [0.3, 0.4) is 0 Å². The van der Waals surface area contributed by atoms with Crippen molar-refractivity contribution in [2.45, 2.75) is 38.1 Å². The van der Waals surface area contributed by atoms with E-state index in [1.165, 1.54) is 0 Å². The molecule has 1 fully saturated rings. The van der Waals surface area contributed by atoms with Crippen molar-refractivity contribution >= 4 is 17.5 Å². The van der Waals surface area contributed by atoms with E-state index in [9.17, 15) is 4.79 Å². The molecule has 0 saturated heterocycles. The van der Waals surface area contributed by atoms with Crippen molar-refractivity contribution < 1.29 is 4.79 Å². The van der Waals surface area contributed by atoms with Gasteiger partial charge in [-0.25, -0.2) is 0 Å². The van der Waals surface area contributed by atoms with E-state index >= 15 is 0 Å². The molecule has 1 N–H and O–H groups in total. The summed E-state index contributed by atoms with van der Waals surface area (Å²) < 4.78 is 0. The van der Waals surface area contributed by atoms with Crippen LogP contribution in [0.1, 0.15) is 38.2 Å². The Kier molecular flexibility index (Phi) is 3.20. The van der Waals surface area contributed by atoms with Crippen LogP contribution in [0.15, 0.2) is 24.3 Å². The third-order valence-electron chi connectivity index (χ3n) is 3.25. The van der Waals surface area contributed by atoms with Gasteiger partial charge in [-0.2, -0.15) is 0 Å². The normalized spacial score (nSPS) is 18.4. The molecule has 2 rings (SSSR count). The Morgan fingerprint density at radius 1 is 1.38 bits per heavy atom. The van der Waals surface area contributed by atoms with Crippen LogP contribution in [0.5, 0.6) is 0 Å². The SMILES string of the molecule is CC(=O)NC1(c2cccc(Cl)c2)CCCC1. The summed E-state index contributed by atoms with van der Waals surface area (Å²) in [5, 5.41) is 3.83. The highest BCUT2D eigenvalue weighted by Gasteiger charge is 2.36. The molecule has 2 nitrogen and oxygen atoms in total. The van der Waals surface area contributed by atoms with Gasteiger partial charge in [0.15, 0.2) is 0 Å². The third kappa shape index (κ3) is 2.22. The smallest absolute Gasteiger partial charge is 0.217 e. The lowest BCUT2D eigenvalue weighted by Crippen LogP contribution is -2.42. The van der Waals surface area contributed by atoms with Crippen LogP contribution in [-0.4, -0.2) is 5.91 Å². The lowest BCUT2D eigenvalue weighted by atomic mass is 9.88. The molecule has 1 amide bonds. The Morgan fingerprint density at radius 3 is 2.62 bits per heavy atom. The summed E-state index contributed by atoms with van der Waals surface area (Å²) in [6.45, 7) is 1.57. The van der Waals surface area contributed by atoms with E-state index in [-0.39, 0.29) is 11.4 Å². The monoisotopic (exact) mass is 237 g/mol. The van der Waals surface area contributed by atoms with Crippen molar-refractivity contribution in [3.05, 3.63) is 34.9 Å². The van der Waals surface area contributed by atoms with Gasteiger partial charge in [0, 0.05) is 11.9 Å². The first-order valence-corrected chi connectivity index (χ1v) is 6.05. The third-order valence-corrected chi connectivity index (χ3v) is 3.48. The number of hydrogen-bond acceptors (Lipinski definition) is 1. The van der Waals surface area contributed by atoms with Gasteiger partial charge in [0.1, 0.15) is 0 Å². The van der Waals surface area contributed by atoms with Gasteiger partial charge in [0.25, 0.3) is 0 Å². The van der Waals surface area contributed by atoms with Gasteiger partial charge in [-0.1, -0.05) is 36.6 Å². The molecule has 0 atom stereocenters. The maximum atomic E-state index is 11.3. The highest BCUT2D eigenvalue weighted by atomic mass is 35.5. The maximum Gasteiger partial charge on any atom is 0.217 e. The summed E-state index contributed by atoms with van der Waals surface area (Å²) >= 11 is 6.01. The molecule has 0 bridgehead atoms. The van der Waals surface area contributed by atoms with E-state index in [2.05, 4.69) is 5.32 Å². The zero-order valence-electron chi connectivity index (χ0n) is 9.42. The van der Waals surface area contributed by atoms with E-state index in [0.29, 0.717) is 0 Å². The largest absolute Gasteiger partial charge is 0.347 e. The number of halogens is 1. The van der Waals surface area contributed by atoms with Gasteiger partial charge in [0.05, 0.1) is 5.54 Å². The number of hydrogen-bond donors (Lipinski definition) is 1. The Hall–Kier alpha value is -1.02. The summed E-state index contributed by atoms with van der Waals surface area (Å²) in [5.74, 6) is 0.0295. The summed E-state index contributed by atoms with van der Waals surface area (Å²) in [5.41, 5.74) is 0.948. The van der Waals surface area contributed by atoms with Crippen molar-refractivity contribution in [1.29, 1.82) is 0 Å². The minimum atomic E-state index is -0.184. The van der Waals surface area contributed by atoms with Crippen LogP contribution >= 0.6 is 11.6 Å². The maximum absolute atomic E-state index is 11.3. The average molecular weight is 238 g/mol. The van der Waals surface area contributed by atoms with Crippen molar-refractivity contribution in [2.24, 2.45) is 0 Å². The van der Waals surface area contributed by atoms with E-state index in [1.54, 1.807) is 6.92 Å². The van der Waals surface area contributed by atoms with Gasteiger partial charge in [0.2, 0.25) is 5.91 Å². The molecule has 1 saturated carbocycles. The minimum Gasteiger partial charge on any atom is -0.347 e. The molecular formula is C13H16ClNO. The highest BCUT2D eigenvalue weighted by molar-refractivity contribution is 6.30. The first-order valence-electron chi connectivity index (χ1n) is 5.67. The molecule has 1 aliphatic rings. The van der Waals surface area contributed by atoms with Crippen molar-refractivity contribution in [3.63, 3.8) is 0 Å². The molecular weight excluding hydrogens is 222 g/mol. The van der Waals surface area contributed by atoms with Gasteiger partial charge >= 0.3 is 0 Å². The van der Waals surface area contributed by atoms with Gasteiger partial charge in [-0.15, -0.1) is 0 Å². The predicted octanol–water partition coefficient (Wildman–Crippen LogP) is 3.25. The summed E-state index contributed by atoms with van der Waals surface area (Å²) in [4.78, 5) is 11.3. The molecule has 0 spiro atoms. The Balaban J connectivity index is 2.35. The molecule has 1 aliphatic carbocycles. The Bertz CT molecular complexity index is 397. The van der Waals surface area contributed by atoms with E-state index in [4.69, 9.17) is 11.6 Å². The van der Waals surface area contributed by atoms with Crippen LogP contribution in [0, 0.1) is 0 Å². The van der Waals surface area contributed by atoms with Gasteiger partial charge < -0.3 is 5.32 Å². The summed E-state index contributed by atoms with van der Waals surface area (Å²) in [6.07, 6.45) is 4.33. The molecule has 0 aliphatic heterocycles. The molecule has 86 valence electrons. The molecule has 1 aromatic rings. The van der Waals surface area contributed by atoms with Crippen molar-refractivity contribution in [2.75, 3.05) is 0 Å². The molecule has 0 heterocycles. The van der Waals surface area contributed by atoms with E-state index in [0.717, 1.165) is 36.3 Å². The van der Waals surface area contributed by atoms with E-state index in [1.807, 2.05) is 24.3 Å². The number of carbonyl (C=O) groups excluding carboxylic acids is 1. The van der Waals surface area contributed by atoms with Crippen LogP contribution in [0.25, 0.3) is 0 Å². The Morgan fingerprint density at radius 2 is 2.06 bits per heavy atom. The molecule has 1 aromatic carbocycles. The first-order chi connectivity index (χ1) is 7.62. The van der Waals surface area contributed by atoms with Crippen LogP contribution in [0.4, 0.5) is 0 Å². The summed E-state index contributed by atoms with van der Waals surface area (Å²) in [6, 6.07) is 7.82. The first kappa shape index (κ1) is 11.5. The number of rotatable bonds is 2. The number of nitrogens with one attached hydrogen (secondary N) is 1. The summed E-state index contributed by atoms with van der Waals surface area (Å²) in [7, 11) is 0. The molecule has 16 heavy (non-hydrogen) atoms.